The molecule has 152 valence electrons. The quantitative estimate of drug-likeness (QED) is 0.515. The predicted molar refractivity (Wildman–Crippen MR) is 113 cm³/mol. The molecule has 0 unspecified atom stereocenters. The van der Waals surface area contributed by atoms with Crippen LogP contribution in [0.2, 0.25) is 5.02 Å². The summed E-state index contributed by atoms with van der Waals surface area (Å²) in [6, 6.07) is 7.15. The number of nitrogens with zero attached hydrogens (tertiary/aromatic N) is 5. The minimum atomic E-state index is -0.642. The Hall–Kier alpha value is -3.59. The Bertz CT molecular complexity index is 1310. The lowest BCUT2D eigenvalue weighted by Crippen LogP contribution is -2.28. The van der Waals surface area contributed by atoms with Gasteiger partial charge in [-0.1, -0.05) is 17.7 Å². The van der Waals surface area contributed by atoms with E-state index in [0.29, 0.717) is 23.2 Å². The van der Waals surface area contributed by atoms with Gasteiger partial charge < -0.3 is 11.1 Å². The fourth-order valence-corrected chi connectivity index (χ4v) is 3.32. The second-order valence-electron chi connectivity index (χ2n) is 6.64. The van der Waals surface area contributed by atoms with Gasteiger partial charge in [-0.25, -0.2) is 19.3 Å². The van der Waals surface area contributed by atoms with Crippen molar-refractivity contribution in [1.82, 2.24) is 24.5 Å². The van der Waals surface area contributed by atoms with Crippen LogP contribution in [0, 0.1) is 12.7 Å². The highest BCUT2D eigenvalue weighted by Gasteiger charge is 2.21. The molecule has 3 aromatic heterocycles. The molecule has 0 fully saturated rings. The van der Waals surface area contributed by atoms with Crippen LogP contribution in [0.25, 0.3) is 16.6 Å². The maximum Gasteiger partial charge on any atom is 0.269 e. The molecule has 3 N–H and O–H groups in total. The van der Waals surface area contributed by atoms with E-state index >= 15 is 0 Å². The number of fused-ring (bicyclic) bond motifs is 1. The number of halogens is 2. The molecule has 10 heteroatoms. The second kappa shape index (κ2) is 7.68. The van der Waals surface area contributed by atoms with Gasteiger partial charge in [-0.3, -0.25) is 14.3 Å². The molecule has 4 rings (SSSR count). The van der Waals surface area contributed by atoms with E-state index in [1.165, 1.54) is 22.9 Å². The summed E-state index contributed by atoms with van der Waals surface area (Å²) in [4.78, 5) is 30.2. The van der Waals surface area contributed by atoms with Gasteiger partial charge in [0.05, 0.1) is 23.4 Å². The molecule has 8 nitrogen and oxygen atoms in total. The molecule has 1 aromatic carbocycles. The van der Waals surface area contributed by atoms with E-state index < -0.39 is 17.4 Å². The highest BCUT2D eigenvalue weighted by molar-refractivity contribution is 6.35. The number of nitrogen functional groups attached to an aromatic ring is 1. The second-order valence-corrected chi connectivity index (χ2v) is 7.02. The average molecular weight is 426 g/mol. The Morgan fingerprint density at radius 3 is 2.73 bits per heavy atom. The Morgan fingerprint density at radius 1 is 1.20 bits per heavy atom. The van der Waals surface area contributed by atoms with Crippen molar-refractivity contribution in [2.75, 3.05) is 11.1 Å². The molecule has 0 aliphatic carbocycles. The first-order valence-corrected chi connectivity index (χ1v) is 9.42. The van der Waals surface area contributed by atoms with Crippen LogP contribution in [0.15, 0.2) is 47.5 Å². The summed E-state index contributed by atoms with van der Waals surface area (Å²) in [5, 5.41) is 3.19. The van der Waals surface area contributed by atoms with Crippen molar-refractivity contribution in [2.45, 2.75) is 19.9 Å². The van der Waals surface area contributed by atoms with E-state index in [1.54, 1.807) is 38.2 Å². The molecular weight excluding hydrogens is 409 g/mol. The molecule has 30 heavy (non-hydrogen) atoms. The van der Waals surface area contributed by atoms with Crippen LogP contribution < -0.4 is 16.6 Å². The van der Waals surface area contributed by atoms with Gasteiger partial charge in [0, 0.05) is 6.20 Å². The molecule has 0 saturated heterocycles. The Kier molecular flexibility index (Phi) is 5.04. The van der Waals surface area contributed by atoms with Gasteiger partial charge in [0.15, 0.2) is 5.82 Å². The number of aryl methyl sites for hydroxylation is 1. The lowest BCUT2D eigenvalue weighted by atomic mass is 10.2. The molecule has 3 heterocycles. The number of rotatable bonds is 4. The third kappa shape index (κ3) is 3.43. The molecule has 0 bridgehead atoms. The summed E-state index contributed by atoms with van der Waals surface area (Å²) in [6.07, 6.45) is 3.09. The summed E-state index contributed by atoms with van der Waals surface area (Å²) in [7, 11) is 0. The van der Waals surface area contributed by atoms with Crippen molar-refractivity contribution in [1.29, 1.82) is 0 Å². The summed E-state index contributed by atoms with van der Waals surface area (Å²) < 4.78 is 15.8. The molecule has 0 saturated carbocycles. The smallest absolute Gasteiger partial charge is 0.269 e. The number of benzene rings is 1. The van der Waals surface area contributed by atoms with Crippen LogP contribution in [-0.2, 0) is 0 Å². The van der Waals surface area contributed by atoms with Crippen LogP contribution >= 0.6 is 11.6 Å². The largest absolute Gasteiger partial charge is 0.382 e. The lowest BCUT2D eigenvalue weighted by molar-refractivity contribution is 0.635. The van der Waals surface area contributed by atoms with Crippen molar-refractivity contribution >= 4 is 34.1 Å². The molecule has 0 amide bonds. The first kappa shape index (κ1) is 19.7. The summed E-state index contributed by atoms with van der Waals surface area (Å²) in [5.74, 6) is 0.566. The maximum atomic E-state index is 14.4. The maximum absolute atomic E-state index is 14.4. The SMILES string of the molecule is Cc1nc(N)c(Cl)c(N[C@@H](C)c2nc3cccc(F)c3c(=O)n2-c2cccnc2)n1. The topological polar surface area (TPSA) is 112 Å². The van der Waals surface area contributed by atoms with Gasteiger partial charge in [0.1, 0.15) is 33.7 Å². The van der Waals surface area contributed by atoms with Gasteiger partial charge in [-0.15, -0.1) is 0 Å². The molecule has 0 aliphatic heterocycles. The standard InChI is InChI=1S/C20H17ClFN7O/c1-10(25-18-16(21)17(23)26-11(2)27-18)19-28-14-7-3-6-13(22)15(14)20(30)29(19)12-5-4-8-24-9-12/h3-10H,1-2H3,(H3,23,25,26,27)/t10-/m0/s1. The molecule has 4 aromatic rings. The first-order chi connectivity index (χ1) is 14.4. The molecular formula is C20H17ClFN7O. The summed E-state index contributed by atoms with van der Waals surface area (Å²) >= 11 is 6.24. The number of pyridine rings is 1. The van der Waals surface area contributed by atoms with Crippen molar-refractivity contribution < 1.29 is 4.39 Å². The van der Waals surface area contributed by atoms with E-state index in [-0.39, 0.29) is 21.7 Å². The fourth-order valence-electron chi connectivity index (χ4n) is 3.18. The van der Waals surface area contributed by atoms with Crippen molar-refractivity contribution in [3.8, 4) is 5.69 Å². The third-order valence-electron chi connectivity index (χ3n) is 4.51. The number of hydrogen-bond donors (Lipinski definition) is 2. The Morgan fingerprint density at radius 2 is 2.00 bits per heavy atom. The predicted octanol–water partition coefficient (Wildman–Crippen LogP) is 3.43. The van der Waals surface area contributed by atoms with Gasteiger partial charge in [-0.05, 0) is 38.1 Å². The van der Waals surface area contributed by atoms with Crippen molar-refractivity contribution in [3.63, 3.8) is 0 Å². The summed E-state index contributed by atoms with van der Waals surface area (Å²) in [6.45, 7) is 3.47. The first-order valence-electron chi connectivity index (χ1n) is 9.04. The monoisotopic (exact) mass is 425 g/mol. The minimum Gasteiger partial charge on any atom is -0.382 e. The Labute approximate surface area is 175 Å². The summed E-state index contributed by atoms with van der Waals surface area (Å²) in [5.41, 5.74) is 5.98. The van der Waals surface area contributed by atoms with E-state index in [1.807, 2.05) is 0 Å². The third-order valence-corrected chi connectivity index (χ3v) is 4.88. The number of aromatic nitrogens is 5. The fraction of sp³-hybridized carbons (Fsp3) is 0.150. The molecule has 1 atom stereocenters. The van der Waals surface area contributed by atoms with Crippen LogP contribution in [0.4, 0.5) is 16.0 Å². The van der Waals surface area contributed by atoms with Gasteiger partial charge >= 0.3 is 0 Å². The number of hydrogen-bond acceptors (Lipinski definition) is 7. The zero-order chi connectivity index (χ0) is 21.4. The minimum absolute atomic E-state index is 0.0996. The van der Waals surface area contributed by atoms with Crippen molar-refractivity contribution in [3.05, 3.63) is 75.6 Å². The molecule has 0 radical (unpaired) electrons. The van der Waals surface area contributed by atoms with Crippen LogP contribution in [0.5, 0.6) is 0 Å². The zero-order valence-electron chi connectivity index (χ0n) is 16.1. The van der Waals surface area contributed by atoms with E-state index in [2.05, 4.69) is 25.3 Å². The van der Waals surface area contributed by atoms with E-state index in [4.69, 9.17) is 17.3 Å². The van der Waals surface area contributed by atoms with E-state index in [9.17, 15) is 9.18 Å². The van der Waals surface area contributed by atoms with Crippen LogP contribution in [-0.4, -0.2) is 24.5 Å². The lowest BCUT2D eigenvalue weighted by Gasteiger charge is -2.20. The number of nitrogens with two attached hydrogens (primary N) is 1. The van der Waals surface area contributed by atoms with Crippen LogP contribution in [0.3, 0.4) is 0 Å². The molecule has 0 spiro atoms. The van der Waals surface area contributed by atoms with Gasteiger partial charge in [-0.2, -0.15) is 0 Å². The number of nitrogens with one attached hydrogen (secondary N) is 1. The zero-order valence-corrected chi connectivity index (χ0v) is 16.9. The molecule has 0 aliphatic rings. The van der Waals surface area contributed by atoms with E-state index in [0.717, 1.165) is 0 Å². The number of anilines is 2. The highest BCUT2D eigenvalue weighted by atomic mass is 35.5. The average Bonchev–Trinajstić information content (AvgIpc) is 2.72. The van der Waals surface area contributed by atoms with Crippen LogP contribution in [0.1, 0.15) is 24.6 Å². The van der Waals surface area contributed by atoms with Gasteiger partial charge in [0.25, 0.3) is 5.56 Å². The normalized spacial score (nSPS) is 12.1. The highest BCUT2D eigenvalue weighted by Crippen LogP contribution is 2.28. The Balaban J connectivity index is 1.93. The van der Waals surface area contributed by atoms with Crippen molar-refractivity contribution in [2.24, 2.45) is 0 Å². The van der Waals surface area contributed by atoms with Gasteiger partial charge in [0.2, 0.25) is 0 Å².